The third-order valence-electron chi connectivity index (χ3n) is 9.45. The molecule has 0 unspecified atom stereocenters. The van der Waals surface area contributed by atoms with Crippen molar-refractivity contribution in [1.82, 2.24) is 15.0 Å². The zero-order valence-electron chi connectivity index (χ0n) is 26.7. The number of pyridine rings is 1. The van der Waals surface area contributed by atoms with Crippen molar-refractivity contribution in [3.63, 3.8) is 0 Å². The quantitative estimate of drug-likeness (QED) is 0.185. The molecule has 0 amide bonds. The first-order valence-electron chi connectivity index (χ1n) is 16.6. The summed E-state index contributed by atoms with van der Waals surface area (Å²) in [6.07, 6.45) is 3.65. The first-order valence-corrected chi connectivity index (χ1v) is 17.4. The Labute approximate surface area is 292 Å². The van der Waals surface area contributed by atoms with Crippen LogP contribution in [0.1, 0.15) is 0 Å². The monoisotopic (exact) mass is 657 g/mol. The van der Waals surface area contributed by atoms with E-state index < -0.39 is 0 Å². The molecule has 6 aromatic carbocycles. The van der Waals surface area contributed by atoms with Crippen molar-refractivity contribution in [1.29, 1.82) is 0 Å². The number of hydrogen-bond acceptors (Lipinski definition) is 5. The van der Waals surface area contributed by atoms with Crippen LogP contribution in [0.3, 0.4) is 0 Å². The Hall–Kier alpha value is -6.43. The van der Waals surface area contributed by atoms with Gasteiger partial charge in [-0.1, -0.05) is 109 Å². The highest BCUT2D eigenvalue weighted by Gasteiger charge is 2.22. The van der Waals surface area contributed by atoms with E-state index in [1.807, 2.05) is 66.2 Å². The van der Waals surface area contributed by atoms with Gasteiger partial charge >= 0.3 is 0 Å². The van der Waals surface area contributed by atoms with Crippen molar-refractivity contribution >= 4 is 53.4 Å². The lowest BCUT2D eigenvalue weighted by Crippen LogP contribution is -1.97. The summed E-state index contributed by atoms with van der Waals surface area (Å²) >= 11 is 1.83. The molecule has 0 saturated carbocycles. The van der Waals surface area contributed by atoms with Crippen LogP contribution in [-0.4, -0.2) is 15.0 Å². The molecule has 50 heavy (non-hydrogen) atoms. The summed E-state index contributed by atoms with van der Waals surface area (Å²) in [5.74, 6) is 0.612. The van der Waals surface area contributed by atoms with Gasteiger partial charge < -0.3 is 4.42 Å². The Morgan fingerprint density at radius 1 is 0.440 bits per heavy atom. The van der Waals surface area contributed by atoms with Gasteiger partial charge in [0.25, 0.3) is 0 Å². The normalized spacial score (nSPS) is 11.6. The molecule has 0 N–H and O–H groups in total. The van der Waals surface area contributed by atoms with Gasteiger partial charge in [0.1, 0.15) is 11.2 Å². The molecule has 0 aliphatic rings. The molecule has 0 aliphatic carbocycles. The molecule has 234 valence electrons. The van der Waals surface area contributed by atoms with Crippen LogP contribution in [0, 0.1) is 0 Å². The Bertz CT molecular complexity index is 2870. The fraction of sp³-hybridized carbons (Fsp3) is 0. The second-order valence-corrected chi connectivity index (χ2v) is 13.4. The maximum atomic E-state index is 6.78. The summed E-state index contributed by atoms with van der Waals surface area (Å²) < 4.78 is 9.33. The Balaban J connectivity index is 1.26. The fourth-order valence-corrected chi connectivity index (χ4v) is 8.31. The molecule has 0 atom stereocenters. The molecule has 4 aromatic heterocycles. The van der Waals surface area contributed by atoms with Gasteiger partial charge in [-0.2, -0.15) is 0 Å². The van der Waals surface area contributed by atoms with Crippen LogP contribution in [0.25, 0.3) is 98.3 Å². The molecule has 0 bridgehead atoms. The van der Waals surface area contributed by atoms with Gasteiger partial charge in [0.15, 0.2) is 5.82 Å². The van der Waals surface area contributed by atoms with Crippen LogP contribution in [0.15, 0.2) is 168 Å². The van der Waals surface area contributed by atoms with E-state index in [4.69, 9.17) is 14.4 Å². The van der Waals surface area contributed by atoms with Crippen LogP contribution in [0.4, 0.5) is 0 Å². The first-order chi connectivity index (χ1) is 24.8. The number of rotatable bonds is 5. The summed E-state index contributed by atoms with van der Waals surface area (Å²) in [6, 6.07) is 52.8. The zero-order chi connectivity index (χ0) is 33.0. The number of fused-ring (bicyclic) bond motifs is 6. The standard InChI is InChI=1S/C45H27N3OS/c1-2-11-29(12-3-1)37-27-38(31-14-5-4-13-30(31)28-23-25-46-26-24-28)48-45(47-37)36-22-21-33(43-34-15-6-8-18-39(34)49-44(36)43)32-17-10-20-41-42(32)35-16-7-9-19-40(35)50-41/h1-27H. The Morgan fingerprint density at radius 2 is 1.10 bits per heavy atom. The molecular weight excluding hydrogens is 631 g/mol. The Kier molecular flexibility index (Phi) is 6.64. The lowest BCUT2D eigenvalue weighted by molar-refractivity contribution is 0.669. The average Bonchev–Trinajstić information content (AvgIpc) is 3.77. The molecule has 10 aromatic rings. The van der Waals surface area contributed by atoms with Gasteiger partial charge in [0.05, 0.1) is 17.0 Å². The summed E-state index contributed by atoms with van der Waals surface area (Å²) in [7, 11) is 0. The minimum absolute atomic E-state index is 0.612. The predicted molar refractivity (Wildman–Crippen MR) is 207 cm³/mol. The van der Waals surface area contributed by atoms with Crippen LogP contribution in [0.2, 0.25) is 0 Å². The summed E-state index contributed by atoms with van der Waals surface area (Å²) in [4.78, 5) is 14.8. The summed E-state index contributed by atoms with van der Waals surface area (Å²) in [6.45, 7) is 0. The molecule has 5 heteroatoms. The first kappa shape index (κ1) is 28.6. The van der Waals surface area contributed by atoms with Crippen LogP contribution in [-0.2, 0) is 0 Å². The maximum Gasteiger partial charge on any atom is 0.164 e. The van der Waals surface area contributed by atoms with Gasteiger partial charge in [0.2, 0.25) is 0 Å². The third-order valence-corrected chi connectivity index (χ3v) is 10.6. The zero-order valence-corrected chi connectivity index (χ0v) is 27.6. The lowest BCUT2D eigenvalue weighted by atomic mass is 9.93. The van der Waals surface area contributed by atoms with Crippen LogP contribution >= 0.6 is 11.3 Å². The number of furan rings is 1. The summed E-state index contributed by atoms with van der Waals surface area (Å²) in [5.41, 5.74) is 10.7. The lowest BCUT2D eigenvalue weighted by Gasteiger charge is -2.14. The van der Waals surface area contributed by atoms with E-state index in [9.17, 15) is 0 Å². The number of para-hydroxylation sites is 1. The molecule has 4 heterocycles. The van der Waals surface area contributed by atoms with Crippen molar-refractivity contribution in [3.8, 4) is 56.2 Å². The van der Waals surface area contributed by atoms with Crippen molar-refractivity contribution in [2.45, 2.75) is 0 Å². The number of hydrogen-bond donors (Lipinski definition) is 0. The molecule has 0 fully saturated rings. The minimum atomic E-state index is 0.612. The van der Waals surface area contributed by atoms with Gasteiger partial charge in [-0.3, -0.25) is 4.98 Å². The molecule has 0 aliphatic heterocycles. The van der Waals surface area contributed by atoms with E-state index in [-0.39, 0.29) is 0 Å². The molecule has 0 radical (unpaired) electrons. The van der Waals surface area contributed by atoms with Crippen molar-refractivity contribution in [3.05, 3.63) is 164 Å². The summed E-state index contributed by atoms with van der Waals surface area (Å²) in [5, 5.41) is 4.67. The van der Waals surface area contributed by atoms with Crippen molar-refractivity contribution in [2.75, 3.05) is 0 Å². The van der Waals surface area contributed by atoms with E-state index >= 15 is 0 Å². The third kappa shape index (κ3) is 4.63. The largest absolute Gasteiger partial charge is 0.455 e. The van der Waals surface area contributed by atoms with Crippen LogP contribution in [0.5, 0.6) is 0 Å². The van der Waals surface area contributed by atoms with Crippen molar-refractivity contribution < 1.29 is 4.42 Å². The Morgan fingerprint density at radius 3 is 1.98 bits per heavy atom. The maximum absolute atomic E-state index is 6.78. The van der Waals surface area contributed by atoms with Gasteiger partial charge in [-0.05, 0) is 64.7 Å². The molecule has 4 nitrogen and oxygen atoms in total. The molecule has 10 rings (SSSR count). The van der Waals surface area contributed by atoms with Gasteiger partial charge in [0, 0.05) is 54.5 Å². The van der Waals surface area contributed by atoms with E-state index in [0.717, 1.165) is 66.7 Å². The smallest absolute Gasteiger partial charge is 0.164 e. The number of aromatic nitrogens is 3. The van der Waals surface area contributed by atoms with Gasteiger partial charge in [-0.25, -0.2) is 9.97 Å². The molecule has 0 saturated heterocycles. The van der Waals surface area contributed by atoms with Crippen molar-refractivity contribution in [2.24, 2.45) is 0 Å². The second kappa shape index (κ2) is 11.6. The second-order valence-electron chi connectivity index (χ2n) is 12.3. The minimum Gasteiger partial charge on any atom is -0.455 e. The van der Waals surface area contributed by atoms with E-state index in [2.05, 4.69) is 114 Å². The highest BCUT2D eigenvalue weighted by atomic mass is 32.1. The highest BCUT2D eigenvalue weighted by Crippen LogP contribution is 2.46. The molecular formula is C45H27N3OS. The highest BCUT2D eigenvalue weighted by molar-refractivity contribution is 7.25. The van der Waals surface area contributed by atoms with E-state index in [1.54, 1.807) is 0 Å². The number of nitrogens with zero attached hydrogens (tertiary/aromatic N) is 3. The van der Waals surface area contributed by atoms with Gasteiger partial charge in [-0.15, -0.1) is 11.3 Å². The number of benzene rings is 6. The van der Waals surface area contributed by atoms with E-state index in [0.29, 0.717) is 5.82 Å². The topological polar surface area (TPSA) is 51.8 Å². The van der Waals surface area contributed by atoms with Crippen LogP contribution < -0.4 is 0 Å². The predicted octanol–water partition coefficient (Wildman–Crippen LogP) is 12.5. The SMILES string of the molecule is c1ccc(-c2cc(-c3ccccc3-c3ccncc3)nc(-c3ccc(-c4cccc5sc6ccccc6c45)c4c3oc3ccccc34)n2)cc1. The molecule has 0 spiro atoms. The fourth-order valence-electron chi connectivity index (χ4n) is 7.18. The van der Waals surface area contributed by atoms with E-state index in [1.165, 1.54) is 25.7 Å². The average molecular weight is 658 g/mol. The number of thiophene rings is 1.